The molecule has 1 aromatic carbocycles. The molecule has 1 aromatic rings. The first-order chi connectivity index (χ1) is 15.7. The monoisotopic (exact) mass is 455 g/mol. The fourth-order valence-corrected chi connectivity index (χ4v) is 4.67. The zero-order valence-electron chi connectivity index (χ0n) is 18.9. The first-order valence-corrected chi connectivity index (χ1v) is 9.99. The van der Waals surface area contributed by atoms with E-state index < -0.39 is 35.3 Å². The van der Waals surface area contributed by atoms with Crippen LogP contribution in [0, 0.1) is 16.7 Å². The molecule has 2 N–H and O–H groups in total. The number of ether oxygens (including phenoxy) is 4. The number of fused-ring (bicyclic) bond motifs is 1. The van der Waals surface area contributed by atoms with Gasteiger partial charge in [-0.3, -0.25) is 14.4 Å². The molecule has 33 heavy (non-hydrogen) atoms. The van der Waals surface area contributed by atoms with Crippen LogP contribution in [0.15, 0.2) is 36.1 Å². The van der Waals surface area contributed by atoms with Crippen molar-refractivity contribution in [1.82, 2.24) is 4.90 Å². The Morgan fingerprint density at radius 1 is 1.09 bits per heavy atom. The third-order valence-corrected chi connectivity index (χ3v) is 6.11. The van der Waals surface area contributed by atoms with Gasteiger partial charge in [0.2, 0.25) is 11.7 Å². The van der Waals surface area contributed by atoms with Gasteiger partial charge in [-0.2, -0.15) is 5.26 Å². The molecule has 10 nitrogen and oxygen atoms in total. The number of nitrogens with zero attached hydrogens (tertiary/aromatic N) is 2. The number of Topliss-reactive ketones (excluding diaryl/α,β-unsaturated/α-hetero) is 1. The van der Waals surface area contributed by atoms with Crippen LogP contribution in [0.1, 0.15) is 18.4 Å². The summed E-state index contributed by atoms with van der Waals surface area (Å²) in [6.07, 6.45) is 4.52. The lowest BCUT2D eigenvalue weighted by atomic mass is 9.68. The van der Waals surface area contributed by atoms with Crippen LogP contribution in [-0.2, 0) is 19.1 Å². The maximum absolute atomic E-state index is 13.2. The molecule has 1 fully saturated rings. The number of carbonyl (C=O) groups excluding carboxylic acids is 3. The molecule has 174 valence electrons. The molecule has 1 amide bonds. The molecule has 0 unspecified atom stereocenters. The molecule has 0 aliphatic carbocycles. The van der Waals surface area contributed by atoms with Crippen molar-refractivity contribution in [2.24, 2.45) is 11.1 Å². The number of ketones is 1. The summed E-state index contributed by atoms with van der Waals surface area (Å²) >= 11 is 0. The Hall–Kier alpha value is -4.00. The van der Waals surface area contributed by atoms with Crippen molar-refractivity contribution in [3.8, 4) is 23.3 Å². The predicted molar refractivity (Wildman–Crippen MR) is 115 cm³/mol. The number of benzene rings is 1. The molecule has 2 heterocycles. The fourth-order valence-electron chi connectivity index (χ4n) is 4.67. The Morgan fingerprint density at radius 2 is 1.70 bits per heavy atom. The van der Waals surface area contributed by atoms with E-state index in [1.165, 1.54) is 52.5 Å². The van der Waals surface area contributed by atoms with Crippen molar-refractivity contribution < 1.29 is 33.3 Å². The summed E-state index contributed by atoms with van der Waals surface area (Å²) in [4.78, 5) is 39.4. The van der Waals surface area contributed by atoms with Gasteiger partial charge in [-0.1, -0.05) is 12.2 Å². The third kappa shape index (κ3) is 3.46. The smallest absolute Gasteiger partial charge is 0.329 e. The predicted octanol–water partition coefficient (Wildman–Crippen LogP) is 1.06. The first-order valence-electron chi connectivity index (χ1n) is 9.99. The van der Waals surface area contributed by atoms with Gasteiger partial charge in [0, 0.05) is 17.7 Å². The van der Waals surface area contributed by atoms with Crippen molar-refractivity contribution in [2.45, 2.75) is 24.9 Å². The summed E-state index contributed by atoms with van der Waals surface area (Å²) in [6, 6.07) is 3.16. The standard InChI is InChI=1S/C23H25N3O7/c1-12(27)13-6-7-17-23(11-24,22(29)33-5)18(19(21(25)28)26(17)10-13)14-8-15(30-2)20(32-4)16(9-14)31-3/h6-10,17-19H,1-5H3,(H2,25,28)/t17-,18+,19+,23-/m0/s1. The zero-order chi connectivity index (χ0) is 24.5. The topological polar surface area (TPSA) is 141 Å². The lowest BCUT2D eigenvalue weighted by Crippen LogP contribution is -2.45. The van der Waals surface area contributed by atoms with Gasteiger partial charge in [0.25, 0.3) is 0 Å². The summed E-state index contributed by atoms with van der Waals surface area (Å²) in [5, 5.41) is 10.4. The van der Waals surface area contributed by atoms with E-state index >= 15 is 0 Å². The number of hydrogen-bond donors (Lipinski definition) is 1. The van der Waals surface area contributed by atoms with E-state index in [1.54, 1.807) is 18.2 Å². The molecule has 0 saturated carbocycles. The second kappa shape index (κ2) is 8.86. The molecule has 10 heteroatoms. The normalized spacial score (nSPS) is 25.4. The van der Waals surface area contributed by atoms with Gasteiger partial charge >= 0.3 is 5.97 Å². The molecule has 0 spiro atoms. The van der Waals surface area contributed by atoms with Crippen LogP contribution in [-0.4, -0.2) is 63.1 Å². The SMILES string of the molecule is COC(=O)[C@]1(C#N)[C@H](c2cc(OC)c(OC)c(OC)c2)[C@H](C(N)=O)N2C=C(C(C)=O)C=C[C@H]21. The van der Waals surface area contributed by atoms with E-state index in [-0.39, 0.29) is 17.3 Å². The summed E-state index contributed by atoms with van der Waals surface area (Å²) in [5.41, 5.74) is 4.62. The molecular weight excluding hydrogens is 430 g/mol. The highest BCUT2D eigenvalue weighted by Gasteiger charge is 2.66. The molecule has 0 radical (unpaired) electrons. The minimum Gasteiger partial charge on any atom is -0.493 e. The van der Waals surface area contributed by atoms with Gasteiger partial charge in [-0.25, -0.2) is 0 Å². The summed E-state index contributed by atoms with van der Waals surface area (Å²) in [7, 11) is 5.45. The number of nitrogens with two attached hydrogens (primary N) is 1. The Bertz CT molecular complexity index is 1080. The number of esters is 1. The summed E-state index contributed by atoms with van der Waals surface area (Å²) in [5.74, 6) is -2.11. The third-order valence-electron chi connectivity index (χ3n) is 6.11. The lowest BCUT2D eigenvalue weighted by molar-refractivity contribution is -0.150. The molecule has 0 bridgehead atoms. The maximum Gasteiger partial charge on any atom is 0.329 e. The average molecular weight is 455 g/mol. The van der Waals surface area contributed by atoms with Crippen molar-refractivity contribution in [2.75, 3.05) is 28.4 Å². The molecule has 2 aliphatic heterocycles. The number of amides is 1. The summed E-state index contributed by atoms with van der Waals surface area (Å²) in [6.45, 7) is 1.38. The minimum absolute atomic E-state index is 0.246. The van der Waals surface area contributed by atoms with Gasteiger partial charge in [-0.05, 0) is 24.6 Å². The van der Waals surface area contributed by atoms with Crippen molar-refractivity contribution in [3.05, 3.63) is 41.6 Å². The van der Waals surface area contributed by atoms with Gasteiger partial charge < -0.3 is 29.6 Å². The van der Waals surface area contributed by atoms with Gasteiger partial charge in [0.05, 0.1) is 40.6 Å². The molecule has 4 atom stereocenters. The van der Waals surface area contributed by atoms with Crippen molar-refractivity contribution >= 4 is 17.7 Å². The summed E-state index contributed by atoms with van der Waals surface area (Å²) < 4.78 is 21.3. The zero-order valence-corrected chi connectivity index (χ0v) is 18.9. The molecule has 0 aromatic heterocycles. The van der Waals surface area contributed by atoms with E-state index in [4.69, 9.17) is 24.7 Å². The van der Waals surface area contributed by atoms with Gasteiger partial charge in [0.15, 0.2) is 22.7 Å². The Kier molecular flexibility index (Phi) is 6.35. The molecular formula is C23H25N3O7. The quantitative estimate of drug-likeness (QED) is 0.597. The van der Waals surface area contributed by atoms with Crippen LogP contribution in [0.25, 0.3) is 0 Å². The van der Waals surface area contributed by atoms with E-state index in [0.717, 1.165) is 0 Å². The number of rotatable bonds is 7. The second-order valence-electron chi connectivity index (χ2n) is 7.65. The lowest BCUT2D eigenvalue weighted by Gasteiger charge is -2.32. The van der Waals surface area contributed by atoms with Crippen LogP contribution in [0.5, 0.6) is 17.2 Å². The Labute approximate surface area is 191 Å². The average Bonchev–Trinajstić information content (AvgIpc) is 3.13. The maximum atomic E-state index is 13.2. The highest BCUT2D eigenvalue weighted by Crippen LogP contribution is 2.55. The highest BCUT2D eigenvalue weighted by atomic mass is 16.5. The Balaban J connectivity index is 2.37. The van der Waals surface area contributed by atoms with E-state index in [9.17, 15) is 19.6 Å². The largest absolute Gasteiger partial charge is 0.493 e. The minimum atomic E-state index is -1.87. The second-order valence-corrected chi connectivity index (χ2v) is 7.65. The molecule has 3 rings (SSSR count). The van der Waals surface area contributed by atoms with Crippen molar-refractivity contribution in [3.63, 3.8) is 0 Å². The number of methoxy groups -OCH3 is 4. The van der Waals surface area contributed by atoms with Crippen LogP contribution < -0.4 is 19.9 Å². The fraction of sp³-hybridized carbons (Fsp3) is 0.391. The van der Waals surface area contributed by atoms with Gasteiger partial charge in [-0.15, -0.1) is 0 Å². The number of primary amides is 1. The molecule has 1 saturated heterocycles. The van der Waals surface area contributed by atoms with Crippen LogP contribution in [0.4, 0.5) is 0 Å². The van der Waals surface area contributed by atoms with Gasteiger partial charge in [0.1, 0.15) is 6.04 Å². The number of hydrogen-bond acceptors (Lipinski definition) is 9. The van der Waals surface area contributed by atoms with Crippen LogP contribution in [0.3, 0.4) is 0 Å². The Morgan fingerprint density at radius 3 is 2.12 bits per heavy atom. The van der Waals surface area contributed by atoms with E-state index in [0.29, 0.717) is 16.9 Å². The first kappa shape index (κ1) is 23.7. The highest BCUT2D eigenvalue weighted by molar-refractivity contribution is 5.97. The molecule has 2 aliphatic rings. The number of nitriles is 1. The van der Waals surface area contributed by atoms with Crippen LogP contribution >= 0.6 is 0 Å². The number of allylic oxidation sites excluding steroid dienone is 2. The van der Waals surface area contributed by atoms with Crippen molar-refractivity contribution in [1.29, 1.82) is 5.26 Å². The van der Waals surface area contributed by atoms with E-state index in [1.807, 2.05) is 0 Å². The van der Waals surface area contributed by atoms with Crippen LogP contribution in [0.2, 0.25) is 0 Å². The van der Waals surface area contributed by atoms with E-state index in [2.05, 4.69) is 6.07 Å². The number of carbonyl (C=O) groups is 3.